The molecule has 2 saturated heterocycles. The summed E-state index contributed by atoms with van der Waals surface area (Å²) in [4.78, 5) is 23.1. The molecule has 3 aliphatic rings. The van der Waals surface area contributed by atoms with Crippen LogP contribution in [0, 0.1) is 5.41 Å². The Kier molecular flexibility index (Phi) is 4.70. The molecule has 2 aliphatic heterocycles. The molecular formula is C25H31N3O. The Morgan fingerprint density at radius 3 is 2.52 bits per heavy atom. The highest BCUT2D eigenvalue weighted by Crippen LogP contribution is 2.55. The van der Waals surface area contributed by atoms with Crippen molar-refractivity contribution in [3.8, 4) is 0 Å². The second kappa shape index (κ2) is 7.24. The van der Waals surface area contributed by atoms with Crippen molar-refractivity contribution >= 4 is 5.91 Å². The number of rotatable bonds is 3. The quantitative estimate of drug-likeness (QED) is 0.790. The van der Waals surface area contributed by atoms with Crippen LogP contribution in [0.4, 0.5) is 0 Å². The second-order valence-electron chi connectivity index (χ2n) is 9.44. The number of amides is 1. The van der Waals surface area contributed by atoms with Gasteiger partial charge in [0.25, 0.3) is 5.91 Å². The number of piperidine rings is 1. The average Bonchev–Trinajstić information content (AvgIpc) is 2.86. The zero-order valence-corrected chi connectivity index (χ0v) is 17.5. The van der Waals surface area contributed by atoms with Crippen molar-refractivity contribution in [2.24, 2.45) is 5.41 Å². The Bertz CT molecular complexity index is 870. The average molecular weight is 390 g/mol. The third kappa shape index (κ3) is 3.00. The molecule has 0 spiro atoms. The molecule has 5 rings (SSSR count). The lowest BCUT2D eigenvalue weighted by Crippen LogP contribution is -2.61. The fourth-order valence-corrected chi connectivity index (χ4v) is 6.61. The van der Waals surface area contributed by atoms with Crippen LogP contribution in [0.2, 0.25) is 0 Å². The van der Waals surface area contributed by atoms with E-state index in [4.69, 9.17) is 0 Å². The van der Waals surface area contributed by atoms with Crippen molar-refractivity contribution in [2.75, 3.05) is 7.05 Å². The first-order chi connectivity index (χ1) is 14.1. The first-order valence-corrected chi connectivity index (χ1v) is 11.1. The minimum Gasteiger partial charge on any atom is -0.329 e. The molecule has 29 heavy (non-hydrogen) atoms. The number of nitrogens with zero attached hydrogens (tertiary/aromatic N) is 3. The van der Waals surface area contributed by atoms with Crippen LogP contribution < -0.4 is 0 Å². The molecule has 3 heterocycles. The van der Waals surface area contributed by atoms with E-state index >= 15 is 0 Å². The number of carbonyl (C=O) groups excluding carboxylic acids is 1. The molecule has 1 saturated carbocycles. The zero-order valence-electron chi connectivity index (χ0n) is 17.5. The van der Waals surface area contributed by atoms with Crippen LogP contribution in [-0.2, 0) is 6.42 Å². The second-order valence-corrected chi connectivity index (χ2v) is 9.44. The van der Waals surface area contributed by atoms with Gasteiger partial charge in [0, 0.05) is 29.7 Å². The van der Waals surface area contributed by atoms with Gasteiger partial charge in [-0.25, -0.2) is 0 Å². The fourth-order valence-electron chi connectivity index (χ4n) is 6.61. The number of fused-ring (bicyclic) bond motifs is 1. The molecule has 0 unspecified atom stereocenters. The van der Waals surface area contributed by atoms with Crippen LogP contribution in [0.15, 0.2) is 54.7 Å². The number of carbonyl (C=O) groups is 1. The van der Waals surface area contributed by atoms with Gasteiger partial charge in [0.2, 0.25) is 0 Å². The summed E-state index contributed by atoms with van der Waals surface area (Å²) in [6.07, 6.45) is 8.68. The number of likely N-dealkylation sites (tertiary alicyclic amines) is 2. The predicted molar refractivity (Wildman–Crippen MR) is 115 cm³/mol. The Labute approximate surface area is 173 Å². The van der Waals surface area contributed by atoms with Crippen LogP contribution in [0.3, 0.4) is 0 Å². The lowest BCUT2D eigenvalue weighted by Gasteiger charge is -2.51. The largest absolute Gasteiger partial charge is 0.329 e. The molecule has 152 valence electrons. The van der Waals surface area contributed by atoms with Crippen LogP contribution in [0.5, 0.6) is 0 Å². The van der Waals surface area contributed by atoms with Crippen molar-refractivity contribution in [2.45, 2.75) is 69.6 Å². The molecule has 1 aromatic carbocycles. The molecule has 3 fully saturated rings. The summed E-state index contributed by atoms with van der Waals surface area (Å²) in [7, 11) is 2.30. The van der Waals surface area contributed by atoms with E-state index in [1.807, 2.05) is 18.2 Å². The maximum absolute atomic E-state index is 13.8. The van der Waals surface area contributed by atoms with Gasteiger partial charge in [-0.2, -0.15) is 0 Å². The van der Waals surface area contributed by atoms with Gasteiger partial charge in [0.1, 0.15) is 5.69 Å². The summed E-state index contributed by atoms with van der Waals surface area (Å²) < 4.78 is 0. The minimum atomic E-state index is 0.114. The summed E-state index contributed by atoms with van der Waals surface area (Å²) >= 11 is 0. The van der Waals surface area contributed by atoms with Gasteiger partial charge in [-0.1, -0.05) is 56.2 Å². The molecular weight excluding hydrogens is 358 g/mol. The number of pyridine rings is 1. The lowest BCUT2D eigenvalue weighted by atomic mass is 9.69. The number of hydrogen-bond acceptors (Lipinski definition) is 3. The summed E-state index contributed by atoms with van der Waals surface area (Å²) in [6, 6.07) is 17.8. The van der Waals surface area contributed by atoms with Crippen molar-refractivity contribution in [3.63, 3.8) is 0 Å². The summed E-state index contributed by atoms with van der Waals surface area (Å²) in [5.41, 5.74) is 2.07. The van der Waals surface area contributed by atoms with E-state index in [2.05, 4.69) is 59.1 Å². The molecule has 0 radical (unpaired) electrons. The molecule has 1 aliphatic carbocycles. The van der Waals surface area contributed by atoms with Gasteiger partial charge in [0.05, 0.1) is 6.04 Å². The fraction of sp³-hybridized carbons (Fsp3) is 0.520. The molecule has 5 atom stereocenters. The number of likely N-dealkylation sites (N-methyl/N-ethyl adjacent to an activating group) is 1. The third-order valence-corrected chi connectivity index (χ3v) is 7.93. The molecule has 2 bridgehead atoms. The Morgan fingerprint density at radius 1 is 1.07 bits per heavy atom. The molecule has 4 nitrogen and oxygen atoms in total. The van der Waals surface area contributed by atoms with Gasteiger partial charge in [-0.05, 0) is 50.4 Å². The van der Waals surface area contributed by atoms with E-state index in [0.29, 0.717) is 23.8 Å². The molecule has 2 aromatic rings. The van der Waals surface area contributed by atoms with Gasteiger partial charge in [-0.15, -0.1) is 0 Å². The Balaban J connectivity index is 1.59. The Morgan fingerprint density at radius 2 is 1.79 bits per heavy atom. The van der Waals surface area contributed by atoms with E-state index in [0.717, 1.165) is 12.8 Å². The molecule has 1 aromatic heterocycles. The SMILES string of the molecule is CN1[C@H]2CCCC[C@H]3N(C(=O)c4ccccn4)[C@H](Cc4ccccc4)[C@@H]1C[C@@]23C. The van der Waals surface area contributed by atoms with E-state index < -0.39 is 0 Å². The molecule has 4 heteroatoms. The van der Waals surface area contributed by atoms with Crippen molar-refractivity contribution < 1.29 is 4.79 Å². The van der Waals surface area contributed by atoms with Gasteiger partial charge in [-0.3, -0.25) is 14.7 Å². The smallest absolute Gasteiger partial charge is 0.273 e. The summed E-state index contributed by atoms with van der Waals surface area (Å²) in [5, 5.41) is 0. The van der Waals surface area contributed by atoms with Crippen molar-refractivity contribution in [1.82, 2.24) is 14.8 Å². The van der Waals surface area contributed by atoms with E-state index in [1.54, 1.807) is 6.20 Å². The predicted octanol–water partition coefficient (Wildman–Crippen LogP) is 4.17. The number of aromatic nitrogens is 1. The van der Waals surface area contributed by atoms with Gasteiger partial charge >= 0.3 is 0 Å². The van der Waals surface area contributed by atoms with Gasteiger partial charge < -0.3 is 4.90 Å². The number of benzene rings is 1. The molecule has 0 N–H and O–H groups in total. The zero-order chi connectivity index (χ0) is 20.0. The Hall–Kier alpha value is -2.20. The normalized spacial score (nSPS) is 34.1. The monoisotopic (exact) mass is 389 g/mol. The first-order valence-electron chi connectivity index (χ1n) is 11.1. The van der Waals surface area contributed by atoms with Gasteiger partial charge in [0.15, 0.2) is 0 Å². The summed E-state index contributed by atoms with van der Waals surface area (Å²) in [5.74, 6) is 0.114. The maximum atomic E-state index is 13.8. The maximum Gasteiger partial charge on any atom is 0.273 e. The van der Waals surface area contributed by atoms with Crippen molar-refractivity contribution in [3.05, 3.63) is 66.0 Å². The van der Waals surface area contributed by atoms with E-state index in [1.165, 1.54) is 31.2 Å². The highest BCUT2D eigenvalue weighted by molar-refractivity contribution is 5.93. The van der Waals surface area contributed by atoms with Crippen LogP contribution in [0.25, 0.3) is 0 Å². The van der Waals surface area contributed by atoms with Crippen LogP contribution >= 0.6 is 0 Å². The highest BCUT2D eigenvalue weighted by atomic mass is 16.2. The van der Waals surface area contributed by atoms with E-state index in [9.17, 15) is 4.79 Å². The third-order valence-electron chi connectivity index (χ3n) is 7.93. The summed E-state index contributed by atoms with van der Waals surface area (Å²) in [6.45, 7) is 2.45. The van der Waals surface area contributed by atoms with Crippen molar-refractivity contribution in [1.29, 1.82) is 0 Å². The van der Waals surface area contributed by atoms with E-state index in [-0.39, 0.29) is 17.4 Å². The minimum absolute atomic E-state index is 0.114. The topological polar surface area (TPSA) is 36.4 Å². The standard InChI is InChI=1S/C25H31N3O/c1-25-17-21-20(16-18-10-4-3-5-11-18)28(24(29)19-12-8-9-15-26-19)23(25)14-7-6-13-22(25)27(21)2/h3-5,8-12,15,20-23H,6-7,13-14,16-17H2,1-2H3/t20-,21+,22+,23-,25+/m1/s1. The molecule has 1 amide bonds. The number of hydrogen-bond donors (Lipinski definition) is 0. The first kappa shape index (κ1) is 18.8. The lowest BCUT2D eigenvalue weighted by molar-refractivity contribution is 0.00166. The van der Waals surface area contributed by atoms with Crippen LogP contribution in [0.1, 0.15) is 55.1 Å². The highest BCUT2D eigenvalue weighted by Gasteiger charge is 2.61. The van der Waals surface area contributed by atoms with Crippen LogP contribution in [-0.4, -0.2) is 51.9 Å².